The van der Waals surface area contributed by atoms with E-state index in [1.54, 1.807) is 18.2 Å². The fourth-order valence-electron chi connectivity index (χ4n) is 1.33. The molecular formula is C10H7F2NO. The van der Waals surface area contributed by atoms with Gasteiger partial charge in [-0.2, -0.15) is 8.78 Å². The Morgan fingerprint density at radius 1 is 1.29 bits per heavy atom. The number of nitrogens with zero attached hydrogens (tertiary/aromatic N) is 1. The predicted octanol–water partition coefficient (Wildman–Crippen LogP) is 2.61. The van der Waals surface area contributed by atoms with Crippen molar-refractivity contribution in [3.8, 4) is 0 Å². The number of hydrogen-bond acceptors (Lipinski definition) is 2. The van der Waals surface area contributed by atoms with Crippen LogP contribution in [0.15, 0.2) is 29.3 Å². The molecule has 0 radical (unpaired) electrons. The van der Waals surface area contributed by atoms with Gasteiger partial charge in [-0.25, -0.2) is 0 Å². The molecule has 0 aliphatic carbocycles. The van der Waals surface area contributed by atoms with Crippen LogP contribution in [0, 0.1) is 0 Å². The molecule has 1 aliphatic rings. The van der Waals surface area contributed by atoms with Gasteiger partial charge in [-0.05, 0) is 12.1 Å². The lowest BCUT2D eigenvalue weighted by Gasteiger charge is -2.10. The van der Waals surface area contributed by atoms with Crippen molar-refractivity contribution in [3.63, 3.8) is 0 Å². The molecule has 14 heavy (non-hydrogen) atoms. The molecule has 2 rings (SSSR count). The second-order valence-electron chi connectivity index (χ2n) is 3.07. The van der Waals surface area contributed by atoms with Crippen molar-refractivity contribution < 1.29 is 13.6 Å². The average Bonchev–Trinajstić information content (AvgIpc) is 2.27. The van der Waals surface area contributed by atoms with Gasteiger partial charge in [-0.15, -0.1) is 0 Å². The van der Waals surface area contributed by atoms with Gasteiger partial charge in [-0.3, -0.25) is 9.79 Å². The maximum atomic E-state index is 13.1. The Balaban J connectivity index is 2.59. The molecule has 0 aromatic heterocycles. The summed E-state index contributed by atoms with van der Waals surface area (Å²) in [7, 11) is 0. The van der Waals surface area contributed by atoms with Crippen LogP contribution in [-0.4, -0.2) is 17.9 Å². The normalized spacial score (nSPS) is 18.9. The molecule has 0 saturated carbocycles. The third kappa shape index (κ3) is 1.32. The van der Waals surface area contributed by atoms with Gasteiger partial charge in [0.05, 0.1) is 12.1 Å². The minimum absolute atomic E-state index is 0.00810. The minimum atomic E-state index is -3.32. The van der Waals surface area contributed by atoms with E-state index in [9.17, 15) is 13.6 Å². The van der Waals surface area contributed by atoms with Crippen molar-refractivity contribution >= 4 is 17.7 Å². The zero-order valence-corrected chi connectivity index (χ0v) is 7.21. The Kier molecular flexibility index (Phi) is 1.91. The zero-order valence-electron chi connectivity index (χ0n) is 7.21. The Morgan fingerprint density at radius 3 is 2.79 bits per heavy atom. The van der Waals surface area contributed by atoms with Gasteiger partial charge in [0, 0.05) is 11.8 Å². The van der Waals surface area contributed by atoms with Crippen LogP contribution in [0.25, 0.3) is 0 Å². The van der Waals surface area contributed by atoms with Gasteiger partial charge in [0.1, 0.15) is 0 Å². The Labute approximate surface area is 79.3 Å². The van der Waals surface area contributed by atoms with Crippen LogP contribution in [0.3, 0.4) is 0 Å². The molecule has 1 heterocycles. The van der Waals surface area contributed by atoms with Gasteiger partial charge < -0.3 is 0 Å². The summed E-state index contributed by atoms with van der Waals surface area (Å²) in [4.78, 5) is 15.1. The van der Waals surface area contributed by atoms with Gasteiger partial charge in [0.2, 0.25) is 5.78 Å². The van der Waals surface area contributed by atoms with Crippen molar-refractivity contribution in [2.24, 2.45) is 4.99 Å². The highest BCUT2D eigenvalue weighted by Crippen LogP contribution is 2.31. The first-order chi connectivity index (χ1) is 6.61. The minimum Gasteiger partial charge on any atom is -0.287 e. The fourth-order valence-corrected chi connectivity index (χ4v) is 1.33. The number of alkyl halides is 2. The highest BCUT2D eigenvalue weighted by atomic mass is 19.3. The largest absolute Gasteiger partial charge is 0.314 e. The summed E-state index contributed by atoms with van der Waals surface area (Å²) in [5, 5.41) is 0. The number of fused-ring (bicyclic) bond motifs is 1. The molecule has 1 aliphatic heterocycles. The second-order valence-corrected chi connectivity index (χ2v) is 3.07. The molecule has 4 heteroatoms. The number of rotatable bonds is 0. The van der Waals surface area contributed by atoms with E-state index >= 15 is 0 Å². The van der Waals surface area contributed by atoms with Crippen LogP contribution < -0.4 is 0 Å². The maximum Gasteiger partial charge on any atom is 0.314 e. The number of carbonyl (C=O) groups is 1. The highest BCUT2D eigenvalue weighted by molar-refractivity contribution is 6.07. The second kappa shape index (κ2) is 2.97. The van der Waals surface area contributed by atoms with Gasteiger partial charge in [0.15, 0.2) is 0 Å². The maximum absolute atomic E-state index is 13.1. The van der Waals surface area contributed by atoms with Crippen molar-refractivity contribution in [2.75, 3.05) is 0 Å². The van der Waals surface area contributed by atoms with Crippen molar-refractivity contribution in [2.45, 2.75) is 12.3 Å². The van der Waals surface area contributed by atoms with Gasteiger partial charge >= 0.3 is 5.92 Å². The van der Waals surface area contributed by atoms with E-state index in [2.05, 4.69) is 4.99 Å². The lowest BCUT2D eigenvalue weighted by molar-refractivity contribution is 0.0160. The number of para-hydroxylation sites is 1. The standard InChI is InChI=1S/C10H7F2NO/c11-10(12)5-6-13-8-4-2-1-3-7(8)9(10)14/h1-4,6H,5H2. The van der Waals surface area contributed by atoms with E-state index in [0.29, 0.717) is 5.69 Å². The van der Waals surface area contributed by atoms with Gasteiger partial charge in [0.25, 0.3) is 0 Å². The molecule has 72 valence electrons. The van der Waals surface area contributed by atoms with Crippen LogP contribution in [0.1, 0.15) is 16.8 Å². The van der Waals surface area contributed by atoms with Crippen LogP contribution in [-0.2, 0) is 0 Å². The summed E-state index contributed by atoms with van der Waals surface area (Å²) in [5.41, 5.74) is 0.306. The smallest absolute Gasteiger partial charge is 0.287 e. The number of benzene rings is 1. The Hall–Kier alpha value is -1.58. The van der Waals surface area contributed by atoms with E-state index < -0.39 is 18.1 Å². The number of ketones is 1. The van der Waals surface area contributed by atoms with E-state index in [1.165, 1.54) is 6.07 Å². The van der Waals surface area contributed by atoms with Crippen LogP contribution in [0.5, 0.6) is 0 Å². The fraction of sp³-hybridized carbons (Fsp3) is 0.200. The Morgan fingerprint density at radius 2 is 2.00 bits per heavy atom. The zero-order chi connectivity index (χ0) is 10.2. The molecule has 0 amide bonds. The average molecular weight is 195 g/mol. The number of Topliss-reactive ketones (excluding diaryl/α,β-unsaturated/α-hetero) is 1. The molecule has 0 unspecified atom stereocenters. The molecule has 0 bridgehead atoms. The number of hydrogen-bond donors (Lipinski definition) is 0. The predicted molar refractivity (Wildman–Crippen MR) is 48.5 cm³/mol. The van der Waals surface area contributed by atoms with Crippen LogP contribution >= 0.6 is 0 Å². The van der Waals surface area contributed by atoms with Crippen molar-refractivity contribution in [1.82, 2.24) is 0 Å². The number of aliphatic imine (C=N–C) groups is 1. The van der Waals surface area contributed by atoms with Crippen LogP contribution in [0.4, 0.5) is 14.5 Å². The lowest BCUT2D eigenvalue weighted by Crippen LogP contribution is -2.28. The third-order valence-electron chi connectivity index (χ3n) is 2.06. The molecule has 1 aromatic carbocycles. The molecule has 1 aromatic rings. The summed E-state index contributed by atoms with van der Waals surface area (Å²) < 4.78 is 26.2. The topological polar surface area (TPSA) is 29.4 Å². The SMILES string of the molecule is O=C1c2ccccc2N=CCC1(F)F. The van der Waals surface area contributed by atoms with E-state index in [-0.39, 0.29) is 5.56 Å². The van der Waals surface area contributed by atoms with Crippen LogP contribution in [0.2, 0.25) is 0 Å². The summed E-state index contributed by atoms with van der Waals surface area (Å²) in [5.74, 6) is -4.47. The molecule has 2 nitrogen and oxygen atoms in total. The van der Waals surface area contributed by atoms with E-state index in [1.807, 2.05) is 0 Å². The van der Waals surface area contributed by atoms with Gasteiger partial charge in [-0.1, -0.05) is 12.1 Å². The molecule has 0 spiro atoms. The first-order valence-corrected chi connectivity index (χ1v) is 4.15. The lowest BCUT2D eigenvalue weighted by atomic mass is 10.0. The first-order valence-electron chi connectivity index (χ1n) is 4.15. The summed E-state index contributed by atoms with van der Waals surface area (Å²) in [6.07, 6.45) is 0.463. The summed E-state index contributed by atoms with van der Waals surface area (Å²) in [6.45, 7) is 0. The van der Waals surface area contributed by atoms with E-state index in [0.717, 1.165) is 6.21 Å². The summed E-state index contributed by atoms with van der Waals surface area (Å²) >= 11 is 0. The van der Waals surface area contributed by atoms with Crippen molar-refractivity contribution in [3.05, 3.63) is 29.8 Å². The number of halogens is 2. The molecule has 0 fully saturated rings. The quantitative estimate of drug-likeness (QED) is 0.625. The first kappa shape index (κ1) is 8.99. The highest BCUT2D eigenvalue weighted by Gasteiger charge is 2.40. The Bertz CT molecular complexity index is 412. The molecular weight excluding hydrogens is 188 g/mol. The molecule has 0 atom stereocenters. The van der Waals surface area contributed by atoms with E-state index in [4.69, 9.17) is 0 Å². The third-order valence-corrected chi connectivity index (χ3v) is 2.06. The number of carbonyl (C=O) groups excluding carboxylic acids is 1. The monoisotopic (exact) mass is 195 g/mol. The molecule has 0 N–H and O–H groups in total. The van der Waals surface area contributed by atoms with Crippen molar-refractivity contribution in [1.29, 1.82) is 0 Å². The molecule has 0 saturated heterocycles. The summed E-state index contributed by atoms with van der Waals surface area (Å²) in [6, 6.07) is 6.12.